The van der Waals surface area contributed by atoms with Crippen LogP contribution in [-0.4, -0.2) is 27.2 Å². The molecule has 0 radical (unpaired) electrons. The van der Waals surface area contributed by atoms with Gasteiger partial charge in [-0.05, 0) is 19.3 Å². The highest BCUT2D eigenvalue weighted by Crippen LogP contribution is 2.31. The number of hydrogen-bond donors (Lipinski definition) is 2. The summed E-state index contributed by atoms with van der Waals surface area (Å²) in [5.74, 6) is 0.333. The van der Waals surface area contributed by atoms with Crippen LogP contribution in [0.2, 0.25) is 0 Å². The minimum atomic E-state index is -0.940. The zero-order valence-corrected chi connectivity index (χ0v) is 8.97. The first-order valence-electron chi connectivity index (χ1n) is 5.51. The van der Waals surface area contributed by atoms with Gasteiger partial charge in [0.15, 0.2) is 0 Å². The zero-order chi connectivity index (χ0) is 11.4. The Hall–Kier alpha value is -1.65. The second-order valence-corrected chi connectivity index (χ2v) is 4.14. The molecular weight excluding hydrogens is 206 g/mol. The number of carboxylic acid groups (broad SMARTS) is 1. The quantitative estimate of drug-likeness (QED) is 0.798. The minimum absolute atomic E-state index is 0.0539. The summed E-state index contributed by atoms with van der Waals surface area (Å²) in [7, 11) is 0. The van der Waals surface area contributed by atoms with Gasteiger partial charge >= 0.3 is 6.09 Å². The molecule has 0 aliphatic heterocycles. The van der Waals surface area contributed by atoms with Crippen LogP contribution in [0.4, 0.5) is 4.79 Å². The molecule has 16 heavy (non-hydrogen) atoms. The lowest BCUT2D eigenvalue weighted by Gasteiger charge is -2.28. The first-order valence-corrected chi connectivity index (χ1v) is 5.51. The number of aromatic nitrogens is 2. The smallest absolute Gasteiger partial charge is 0.404 e. The first-order chi connectivity index (χ1) is 7.75. The molecule has 0 saturated heterocycles. The van der Waals surface area contributed by atoms with Gasteiger partial charge in [-0.25, -0.2) is 4.79 Å². The highest BCUT2D eigenvalue weighted by molar-refractivity contribution is 5.64. The van der Waals surface area contributed by atoms with Crippen LogP contribution in [0.1, 0.15) is 37.3 Å². The van der Waals surface area contributed by atoms with Crippen molar-refractivity contribution in [1.29, 1.82) is 0 Å². The summed E-state index contributed by atoms with van der Waals surface area (Å²) in [5.41, 5.74) is 0.972. The van der Waals surface area contributed by atoms with E-state index in [-0.39, 0.29) is 6.04 Å². The fourth-order valence-electron chi connectivity index (χ4n) is 2.29. The molecule has 0 bridgehead atoms. The highest BCUT2D eigenvalue weighted by atomic mass is 16.4. The van der Waals surface area contributed by atoms with Crippen LogP contribution < -0.4 is 5.32 Å². The van der Waals surface area contributed by atoms with E-state index in [1.54, 1.807) is 18.6 Å². The molecule has 1 amide bonds. The van der Waals surface area contributed by atoms with E-state index >= 15 is 0 Å². The van der Waals surface area contributed by atoms with Crippen LogP contribution in [0, 0.1) is 0 Å². The second-order valence-electron chi connectivity index (χ2n) is 4.14. The zero-order valence-electron chi connectivity index (χ0n) is 8.97. The summed E-state index contributed by atoms with van der Waals surface area (Å²) in [6.45, 7) is 0. The van der Waals surface area contributed by atoms with Crippen LogP contribution >= 0.6 is 0 Å². The third-order valence-electron chi connectivity index (χ3n) is 3.00. The lowest BCUT2D eigenvalue weighted by Crippen LogP contribution is -2.37. The lowest BCUT2D eigenvalue weighted by molar-refractivity contribution is 0.184. The van der Waals surface area contributed by atoms with Gasteiger partial charge in [0.25, 0.3) is 0 Å². The van der Waals surface area contributed by atoms with Crippen molar-refractivity contribution in [3.05, 3.63) is 24.3 Å². The van der Waals surface area contributed by atoms with Crippen molar-refractivity contribution >= 4 is 6.09 Å². The number of nitrogens with zero attached hydrogens (tertiary/aromatic N) is 2. The molecule has 1 heterocycles. The normalized spacial score (nSPS) is 25.0. The summed E-state index contributed by atoms with van der Waals surface area (Å²) >= 11 is 0. The Labute approximate surface area is 93.9 Å². The van der Waals surface area contributed by atoms with Gasteiger partial charge in [-0.1, -0.05) is 6.42 Å². The van der Waals surface area contributed by atoms with Crippen LogP contribution in [0.3, 0.4) is 0 Å². The molecule has 1 aliphatic carbocycles. The average Bonchev–Trinajstić information content (AvgIpc) is 2.30. The predicted octanol–water partition coefficient (Wildman–Crippen LogP) is 1.77. The Kier molecular flexibility index (Phi) is 3.34. The van der Waals surface area contributed by atoms with Gasteiger partial charge in [0.05, 0.1) is 5.69 Å². The van der Waals surface area contributed by atoms with Crippen molar-refractivity contribution in [2.45, 2.75) is 37.6 Å². The van der Waals surface area contributed by atoms with Crippen molar-refractivity contribution in [2.75, 3.05) is 0 Å². The number of carbonyl (C=O) groups is 1. The number of hydrogen-bond acceptors (Lipinski definition) is 3. The number of rotatable bonds is 2. The number of nitrogens with one attached hydrogen (secondary N) is 1. The predicted molar refractivity (Wildman–Crippen MR) is 58.2 cm³/mol. The van der Waals surface area contributed by atoms with Crippen LogP contribution in [0.25, 0.3) is 0 Å². The molecule has 5 nitrogen and oxygen atoms in total. The topological polar surface area (TPSA) is 75.1 Å². The van der Waals surface area contributed by atoms with Gasteiger partial charge in [0, 0.05) is 30.6 Å². The molecule has 1 saturated carbocycles. The second kappa shape index (κ2) is 4.92. The molecular formula is C11H15N3O2. The van der Waals surface area contributed by atoms with E-state index in [0.717, 1.165) is 31.4 Å². The van der Waals surface area contributed by atoms with Crippen molar-refractivity contribution in [2.24, 2.45) is 0 Å². The van der Waals surface area contributed by atoms with Crippen molar-refractivity contribution in [3.8, 4) is 0 Å². The molecule has 0 spiro atoms. The van der Waals surface area contributed by atoms with Crippen LogP contribution in [0.15, 0.2) is 18.6 Å². The third-order valence-corrected chi connectivity index (χ3v) is 3.00. The van der Waals surface area contributed by atoms with Gasteiger partial charge in [-0.15, -0.1) is 0 Å². The Balaban J connectivity index is 1.99. The molecule has 1 aromatic heterocycles. The maximum atomic E-state index is 10.6. The fraction of sp³-hybridized carbons (Fsp3) is 0.545. The molecule has 2 atom stereocenters. The molecule has 2 N–H and O–H groups in total. The van der Waals surface area contributed by atoms with Crippen molar-refractivity contribution < 1.29 is 9.90 Å². The summed E-state index contributed by atoms with van der Waals surface area (Å²) in [4.78, 5) is 18.9. The first kappa shape index (κ1) is 10.9. The minimum Gasteiger partial charge on any atom is -0.465 e. The molecule has 2 rings (SSSR count). The van der Waals surface area contributed by atoms with E-state index in [4.69, 9.17) is 5.11 Å². The Morgan fingerprint density at radius 3 is 3.00 bits per heavy atom. The van der Waals surface area contributed by atoms with Gasteiger partial charge in [0.2, 0.25) is 0 Å². The van der Waals surface area contributed by atoms with Crippen molar-refractivity contribution in [3.63, 3.8) is 0 Å². The maximum Gasteiger partial charge on any atom is 0.404 e. The van der Waals surface area contributed by atoms with Gasteiger partial charge in [0.1, 0.15) is 0 Å². The Morgan fingerprint density at radius 1 is 1.44 bits per heavy atom. The summed E-state index contributed by atoms with van der Waals surface area (Å²) in [6, 6.07) is 0.0539. The van der Waals surface area contributed by atoms with E-state index in [2.05, 4.69) is 15.3 Å². The highest BCUT2D eigenvalue weighted by Gasteiger charge is 2.25. The van der Waals surface area contributed by atoms with E-state index < -0.39 is 6.09 Å². The molecule has 5 heteroatoms. The third kappa shape index (κ3) is 2.68. The summed E-state index contributed by atoms with van der Waals surface area (Å²) in [5, 5.41) is 11.2. The standard InChI is InChI=1S/C11H15N3O2/c15-11(16)14-9-3-1-2-8(6-9)10-7-12-4-5-13-10/h4-5,7-9,14H,1-3,6H2,(H,15,16). The summed E-state index contributed by atoms with van der Waals surface area (Å²) in [6.07, 6.45) is 8.01. The molecule has 1 fully saturated rings. The maximum absolute atomic E-state index is 10.6. The number of amides is 1. The van der Waals surface area contributed by atoms with E-state index in [9.17, 15) is 4.79 Å². The molecule has 1 aromatic rings. The molecule has 86 valence electrons. The monoisotopic (exact) mass is 221 g/mol. The Bertz CT molecular complexity index is 356. The van der Waals surface area contributed by atoms with Gasteiger partial charge < -0.3 is 10.4 Å². The largest absolute Gasteiger partial charge is 0.465 e. The van der Waals surface area contributed by atoms with E-state index in [1.165, 1.54) is 0 Å². The van der Waals surface area contributed by atoms with E-state index in [1.807, 2.05) is 0 Å². The molecule has 0 aromatic carbocycles. The van der Waals surface area contributed by atoms with Crippen molar-refractivity contribution in [1.82, 2.24) is 15.3 Å². The van der Waals surface area contributed by atoms with Gasteiger partial charge in [-0.2, -0.15) is 0 Å². The average molecular weight is 221 g/mol. The fourth-order valence-corrected chi connectivity index (χ4v) is 2.29. The van der Waals surface area contributed by atoms with E-state index in [0.29, 0.717) is 5.92 Å². The van der Waals surface area contributed by atoms with Crippen LogP contribution in [0.5, 0.6) is 0 Å². The molecule has 1 aliphatic rings. The lowest BCUT2D eigenvalue weighted by atomic mass is 9.84. The SMILES string of the molecule is O=C(O)NC1CCCC(c2cnccn2)C1. The summed E-state index contributed by atoms with van der Waals surface area (Å²) < 4.78 is 0. The van der Waals surface area contributed by atoms with Gasteiger partial charge in [-0.3, -0.25) is 9.97 Å². The Morgan fingerprint density at radius 2 is 2.31 bits per heavy atom. The molecule has 2 unspecified atom stereocenters. The van der Waals surface area contributed by atoms with Crippen LogP contribution in [-0.2, 0) is 0 Å².